The van der Waals surface area contributed by atoms with E-state index in [1.54, 1.807) is 48.5 Å². The van der Waals surface area contributed by atoms with Crippen molar-refractivity contribution in [2.24, 2.45) is 0 Å². The molecule has 0 saturated carbocycles. The lowest BCUT2D eigenvalue weighted by Crippen LogP contribution is -2.30. The lowest BCUT2D eigenvalue weighted by atomic mass is 10.0. The molecule has 0 bridgehead atoms. The molecule has 0 spiro atoms. The summed E-state index contributed by atoms with van der Waals surface area (Å²) in [6.07, 6.45) is 2.42. The summed E-state index contributed by atoms with van der Waals surface area (Å²) in [5, 5.41) is 18.8. The smallest absolute Gasteiger partial charge is 0.272 e. The molecule has 1 aliphatic rings. The van der Waals surface area contributed by atoms with Gasteiger partial charge >= 0.3 is 0 Å². The van der Waals surface area contributed by atoms with Crippen molar-refractivity contribution >= 4 is 57.6 Å². The van der Waals surface area contributed by atoms with Crippen LogP contribution in [-0.2, 0) is 29.1 Å². The van der Waals surface area contributed by atoms with Gasteiger partial charge in [-0.05, 0) is 78.9 Å². The second-order valence-electron chi connectivity index (χ2n) is 12.2. The first kappa shape index (κ1) is 35.4. The van der Waals surface area contributed by atoms with Gasteiger partial charge < -0.3 is 16.0 Å². The van der Waals surface area contributed by atoms with Crippen LogP contribution in [0.4, 0.5) is 10.7 Å². The molecule has 1 unspecified atom stereocenters. The standard InChI is InChI=1S/C41H37N5O3S2/c1-27-12-9-10-17-31(27)22-36(44-39(48)30-15-7-4-8-16-30)40(49)43-32-18-11-19-33(23-32)50-28(2)38(47)45-41-35(24-42)34-20-21-46(26-37(34)51-41)25-29-13-5-3-6-14-29/h3-19,22-23,28H,20-21,25-26H2,1-2H3,(H,43,49)(H,44,48)(H,45,47)/b36-22-. The van der Waals surface area contributed by atoms with Crippen LogP contribution >= 0.6 is 23.1 Å². The monoisotopic (exact) mass is 711 g/mol. The van der Waals surface area contributed by atoms with Crippen LogP contribution in [0, 0.1) is 18.3 Å². The van der Waals surface area contributed by atoms with Gasteiger partial charge in [-0.25, -0.2) is 0 Å². The molecule has 3 amide bonds. The molecular weight excluding hydrogens is 675 g/mol. The number of nitrogens with one attached hydrogen (secondary N) is 3. The number of hydrogen-bond donors (Lipinski definition) is 3. The number of nitrogens with zero attached hydrogens (tertiary/aromatic N) is 2. The molecule has 256 valence electrons. The number of carbonyl (C=O) groups is 3. The van der Waals surface area contributed by atoms with Gasteiger partial charge in [-0.3, -0.25) is 19.3 Å². The van der Waals surface area contributed by atoms with Crippen molar-refractivity contribution in [3.8, 4) is 6.07 Å². The Morgan fingerprint density at radius 3 is 2.41 bits per heavy atom. The van der Waals surface area contributed by atoms with Crippen molar-refractivity contribution in [3.05, 3.63) is 153 Å². The summed E-state index contributed by atoms with van der Waals surface area (Å²) in [7, 11) is 0. The van der Waals surface area contributed by atoms with Gasteiger partial charge in [0.15, 0.2) is 0 Å². The average Bonchev–Trinajstić information content (AvgIpc) is 3.49. The summed E-state index contributed by atoms with van der Waals surface area (Å²) < 4.78 is 0. The number of thiophene rings is 1. The van der Waals surface area contributed by atoms with Gasteiger partial charge in [-0.2, -0.15) is 5.26 Å². The molecule has 3 N–H and O–H groups in total. The Labute approximate surface area is 306 Å². The molecule has 2 heterocycles. The molecule has 5 aromatic rings. The van der Waals surface area contributed by atoms with Crippen LogP contribution < -0.4 is 16.0 Å². The van der Waals surface area contributed by atoms with E-state index in [0.717, 1.165) is 52.5 Å². The van der Waals surface area contributed by atoms with Gasteiger partial charge in [0.25, 0.3) is 11.8 Å². The first-order valence-corrected chi connectivity index (χ1v) is 18.3. The molecular formula is C41H37N5O3S2. The average molecular weight is 712 g/mol. The quantitative estimate of drug-likeness (QED) is 0.0945. The SMILES string of the molecule is Cc1ccccc1/C=C(\NC(=O)c1ccccc1)C(=O)Nc1cccc(SC(C)C(=O)Nc2sc3c(c2C#N)CCN(Cc2ccccc2)C3)c1. The van der Waals surface area contributed by atoms with Gasteiger partial charge in [0, 0.05) is 40.7 Å². The number of anilines is 2. The van der Waals surface area contributed by atoms with Crippen LogP contribution in [0.3, 0.4) is 0 Å². The van der Waals surface area contributed by atoms with Crippen molar-refractivity contribution in [3.63, 3.8) is 0 Å². The van der Waals surface area contributed by atoms with Crippen LogP contribution in [0.1, 0.15) is 50.0 Å². The highest BCUT2D eigenvalue weighted by molar-refractivity contribution is 8.00. The van der Waals surface area contributed by atoms with Crippen molar-refractivity contribution in [1.29, 1.82) is 5.26 Å². The summed E-state index contributed by atoms with van der Waals surface area (Å²) >= 11 is 2.83. The normalized spacial score (nSPS) is 13.4. The number of amides is 3. The van der Waals surface area contributed by atoms with Gasteiger partial charge in [0.1, 0.15) is 16.8 Å². The largest absolute Gasteiger partial charge is 0.321 e. The molecule has 0 fully saturated rings. The van der Waals surface area contributed by atoms with E-state index in [-0.39, 0.29) is 11.6 Å². The van der Waals surface area contributed by atoms with E-state index in [2.05, 4.69) is 39.1 Å². The minimum Gasteiger partial charge on any atom is -0.321 e. The van der Waals surface area contributed by atoms with Crippen molar-refractivity contribution in [2.75, 3.05) is 17.2 Å². The number of fused-ring (bicyclic) bond motifs is 1. The fraction of sp³-hybridized carbons (Fsp3) is 0.171. The van der Waals surface area contributed by atoms with Crippen LogP contribution in [0.2, 0.25) is 0 Å². The van der Waals surface area contributed by atoms with E-state index >= 15 is 0 Å². The number of thioether (sulfide) groups is 1. The van der Waals surface area contributed by atoms with E-state index in [1.165, 1.54) is 28.7 Å². The highest BCUT2D eigenvalue weighted by atomic mass is 32.2. The number of benzene rings is 4. The maximum Gasteiger partial charge on any atom is 0.272 e. The zero-order chi connectivity index (χ0) is 35.7. The minimum atomic E-state index is -0.488. The molecule has 0 radical (unpaired) electrons. The molecule has 1 aromatic heterocycles. The lowest BCUT2D eigenvalue weighted by molar-refractivity contribution is -0.115. The summed E-state index contributed by atoms with van der Waals surface area (Å²) in [6, 6.07) is 36.2. The van der Waals surface area contributed by atoms with E-state index in [4.69, 9.17) is 0 Å². The van der Waals surface area contributed by atoms with Crippen molar-refractivity contribution in [2.45, 2.75) is 43.5 Å². The highest BCUT2D eigenvalue weighted by Gasteiger charge is 2.26. The van der Waals surface area contributed by atoms with Gasteiger partial charge in [-0.1, -0.05) is 78.9 Å². The van der Waals surface area contributed by atoms with Crippen LogP contribution in [0.25, 0.3) is 6.08 Å². The van der Waals surface area contributed by atoms with Crippen molar-refractivity contribution < 1.29 is 14.4 Å². The van der Waals surface area contributed by atoms with Crippen LogP contribution in [-0.4, -0.2) is 34.4 Å². The van der Waals surface area contributed by atoms with E-state index in [0.29, 0.717) is 21.8 Å². The first-order valence-electron chi connectivity index (χ1n) is 16.6. The molecule has 6 rings (SSSR count). The molecule has 51 heavy (non-hydrogen) atoms. The van der Waals surface area contributed by atoms with E-state index in [1.807, 2.05) is 68.4 Å². The molecule has 8 nitrogen and oxygen atoms in total. The predicted molar refractivity (Wildman–Crippen MR) is 205 cm³/mol. The predicted octanol–water partition coefficient (Wildman–Crippen LogP) is 8.02. The van der Waals surface area contributed by atoms with E-state index < -0.39 is 17.1 Å². The zero-order valence-corrected chi connectivity index (χ0v) is 29.9. The summed E-state index contributed by atoms with van der Waals surface area (Å²) in [6.45, 7) is 6.17. The second kappa shape index (κ2) is 16.5. The maximum atomic E-state index is 13.6. The Balaban J connectivity index is 1.11. The van der Waals surface area contributed by atoms with Crippen LogP contribution in [0.5, 0.6) is 0 Å². The van der Waals surface area contributed by atoms with E-state index in [9.17, 15) is 19.6 Å². The molecule has 0 aliphatic carbocycles. The van der Waals surface area contributed by atoms with Gasteiger partial charge in [0.2, 0.25) is 5.91 Å². The number of rotatable bonds is 11. The minimum absolute atomic E-state index is 0.0964. The molecule has 0 saturated heterocycles. The Morgan fingerprint density at radius 1 is 0.941 bits per heavy atom. The third-order valence-corrected chi connectivity index (χ3v) is 10.8. The lowest BCUT2D eigenvalue weighted by Gasteiger charge is -2.26. The topological polar surface area (TPSA) is 114 Å². The molecule has 1 aliphatic heterocycles. The number of aryl methyl sites for hydroxylation is 1. The van der Waals surface area contributed by atoms with Crippen LogP contribution in [0.15, 0.2) is 120 Å². The Bertz CT molecular complexity index is 2120. The zero-order valence-electron chi connectivity index (χ0n) is 28.3. The third-order valence-electron chi connectivity index (χ3n) is 8.52. The van der Waals surface area contributed by atoms with Gasteiger partial charge in [0.05, 0.1) is 10.8 Å². The second-order valence-corrected chi connectivity index (χ2v) is 14.8. The number of carbonyl (C=O) groups excluding carboxylic acids is 3. The maximum absolute atomic E-state index is 13.6. The molecule has 1 atom stereocenters. The molecule has 4 aromatic carbocycles. The fourth-order valence-electron chi connectivity index (χ4n) is 5.80. The highest BCUT2D eigenvalue weighted by Crippen LogP contribution is 2.38. The number of nitriles is 1. The summed E-state index contributed by atoms with van der Waals surface area (Å²) in [4.78, 5) is 44.3. The summed E-state index contributed by atoms with van der Waals surface area (Å²) in [5.41, 5.74) is 5.63. The first-order chi connectivity index (χ1) is 24.8. The van der Waals surface area contributed by atoms with Gasteiger partial charge in [-0.15, -0.1) is 23.1 Å². The molecule has 10 heteroatoms. The summed E-state index contributed by atoms with van der Waals surface area (Å²) in [5.74, 6) is -1.09. The Morgan fingerprint density at radius 2 is 1.67 bits per heavy atom. The Hall–Kier alpha value is -5.47. The fourth-order valence-corrected chi connectivity index (χ4v) is 7.97. The number of hydrogen-bond acceptors (Lipinski definition) is 7. The third kappa shape index (κ3) is 9.01. The Kier molecular flexibility index (Phi) is 11.4. The van der Waals surface area contributed by atoms with Crippen molar-refractivity contribution in [1.82, 2.24) is 10.2 Å².